The Morgan fingerprint density at radius 1 is 1.56 bits per heavy atom. The van der Waals surface area contributed by atoms with E-state index in [2.05, 4.69) is 36.2 Å². The molecule has 0 spiro atoms. The summed E-state index contributed by atoms with van der Waals surface area (Å²) in [7, 11) is 0. The standard InChI is InChI=1S/C11H22N4O/c1-5-11(4,7-16)13-6-10-12-8-14-15(10)9(2)3/h8-9,13,16H,5-7H2,1-4H3. The van der Waals surface area contributed by atoms with Gasteiger partial charge in [-0.3, -0.25) is 0 Å². The van der Waals surface area contributed by atoms with Crippen molar-refractivity contribution < 1.29 is 5.11 Å². The van der Waals surface area contributed by atoms with Gasteiger partial charge in [0.25, 0.3) is 0 Å². The molecule has 5 heteroatoms. The molecular weight excluding hydrogens is 204 g/mol. The van der Waals surface area contributed by atoms with Crippen molar-refractivity contribution in [3.8, 4) is 0 Å². The molecule has 1 atom stereocenters. The first kappa shape index (κ1) is 13.1. The monoisotopic (exact) mass is 226 g/mol. The Hall–Kier alpha value is -0.940. The summed E-state index contributed by atoms with van der Waals surface area (Å²) < 4.78 is 1.89. The van der Waals surface area contributed by atoms with Gasteiger partial charge in [-0.05, 0) is 27.2 Å². The zero-order chi connectivity index (χ0) is 12.2. The molecule has 0 amide bonds. The van der Waals surface area contributed by atoms with Gasteiger partial charge in [-0.2, -0.15) is 5.10 Å². The summed E-state index contributed by atoms with van der Waals surface area (Å²) in [5.41, 5.74) is -0.242. The minimum absolute atomic E-state index is 0.124. The fourth-order valence-corrected chi connectivity index (χ4v) is 1.42. The summed E-state index contributed by atoms with van der Waals surface area (Å²) in [6.07, 6.45) is 2.44. The van der Waals surface area contributed by atoms with Crippen LogP contribution in [0.5, 0.6) is 0 Å². The first-order valence-corrected chi connectivity index (χ1v) is 5.76. The summed E-state index contributed by atoms with van der Waals surface area (Å²) in [5, 5.41) is 16.8. The molecule has 0 aliphatic carbocycles. The number of nitrogens with zero attached hydrogens (tertiary/aromatic N) is 3. The first-order valence-electron chi connectivity index (χ1n) is 5.76. The van der Waals surface area contributed by atoms with Crippen LogP contribution in [0.15, 0.2) is 6.33 Å². The molecule has 16 heavy (non-hydrogen) atoms. The van der Waals surface area contributed by atoms with E-state index in [0.29, 0.717) is 12.6 Å². The van der Waals surface area contributed by atoms with Gasteiger partial charge >= 0.3 is 0 Å². The Labute approximate surface area is 96.9 Å². The van der Waals surface area contributed by atoms with E-state index in [1.807, 2.05) is 11.6 Å². The number of hydrogen-bond donors (Lipinski definition) is 2. The summed E-state index contributed by atoms with van der Waals surface area (Å²) in [4.78, 5) is 4.22. The highest BCUT2D eigenvalue weighted by Crippen LogP contribution is 2.10. The molecule has 1 rings (SSSR count). The molecule has 0 aliphatic heterocycles. The predicted octanol–water partition coefficient (Wildman–Crippen LogP) is 1.11. The molecule has 0 aromatic carbocycles. The minimum Gasteiger partial charge on any atom is -0.394 e. The van der Waals surface area contributed by atoms with Crippen molar-refractivity contribution in [1.29, 1.82) is 0 Å². The lowest BCUT2D eigenvalue weighted by molar-refractivity contribution is 0.167. The number of aromatic nitrogens is 3. The normalized spacial score (nSPS) is 15.4. The van der Waals surface area contributed by atoms with Gasteiger partial charge in [-0.15, -0.1) is 0 Å². The molecule has 2 N–H and O–H groups in total. The van der Waals surface area contributed by atoms with Gasteiger partial charge in [0.1, 0.15) is 12.2 Å². The van der Waals surface area contributed by atoms with Gasteiger partial charge < -0.3 is 10.4 Å². The van der Waals surface area contributed by atoms with Crippen LogP contribution in [-0.4, -0.2) is 32.0 Å². The third-order valence-electron chi connectivity index (χ3n) is 2.94. The van der Waals surface area contributed by atoms with E-state index in [4.69, 9.17) is 0 Å². The van der Waals surface area contributed by atoms with Crippen LogP contribution in [0.1, 0.15) is 46.0 Å². The van der Waals surface area contributed by atoms with Crippen LogP contribution >= 0.6 is 0 Å². The van der Waals surface area contributed by atoms with Crippen LogP contribution in [0.3, 0.4) is 0 Å². The fraction of sp³-hybridized carbons (Fsp3) is 0.818. The van der Waals surface area contributed by atoms with E-state index >= 15 is 0 Å². The number of rotatable bonds is 6. The zero-order valence-electron chi connectivity index (χ0n) is 10.6. The van der Waals surface area contributed by atoms with Crippen LogP contribution in [0.4, 0.5) is 0 Å². The van der Waals surface area contributed by atoms with E-state index < -0.39 is 0 Å². The molecule has 1 aromatic heterocycles. The summed E-state index contributed by atoms with van der Waals surface area (Å²) >= 11 is 0. The van der Waals surface area contributed by atoms with Crippen LogP contribution in [-0.2, 0) is 6.54 Å². The topological polar surface area (TPSA) is 63.0 Å². The van der Waals surface area contributed by atoms with Gasteiger partial charge in [0, 0.05) is 11.6 Å². The maximum Gasteiger partial charge on any atom is 0.141 e. The lowest BCUT2D eigenvalue weighted by Crippen LogP contribution is -2.45. The average Bonchev–Trinajstić information content (AvgIpc) is 2.74. The fourth-order valence-electron chi connectivity index (χ4n) is 1.42. The van der Waals surface area contributed by atoms with Crippen LogP contribution in [0.25, 0.3) is 0 Å². The highest BCUT2D eigenvalue weighted by Gasteiger charge is 2.21. The van der Waals surface area contributed by atoms with Crippen molar-refractivity contribution >= 4 is 0 Å². The smallest absolute Gasteiger partial charge is 0.141 e. The van der Waals surface area contributed by atoms with Crippen molar-refractivity contribution in [2.24, 2.45) is 0 Å². The maximum absolute atomic E-state index is 9.29. The van der Waals surface area contributed by atoms with Gasteiger partial charge in [-0.1, -0.05) is 6.92 Å². The lowest BCUT2D eigenvalue weighted by Gasteiger charge is -2.27. The molecule has 0 bridgehead atoms. The molecule has 92 valence electrons. The van der Waals surface area contributed by atoms with Crippen LogP contribution < -0.4 is 5.32 Å². The number of aliphatic hydroxyl groups is 1. The SMILES string of the molecule is CCC(C)(CO)NCc1ncnn1C(C)C. The molecule has 1 heterocycles. The van der Waals surface area contributed by atoms with Crippen molar-refractivity contribution in [3.05, 3.63) is 12.2 Å². The van der Waals surface area contributed by atoms with Crippen LogP contribution in [0, 0.1) is 0 Å². The molecule has 1 aromatic rings. The minimum atomic E-state index is -0.242. The second-order valence-electron chi connectivity index (χ2n) is 4.64. The quantitative estimate of drug-likeness (QED) is 0.762. The van der Waals surface area contributed by atoms with Gasteiger partial charge in [0.05, 0.1) is 13.2 Å². The molecule has 0 fully saturated rings. The Morgan fingerprint density at radius 2 is 2.25 bits per heavy atom. The largest absolute Gasteiger partial charge is 0.394 e. The summed E-state index contributed by atoms with van der Waals surface area (Å²) in [6, 6.07) is 0.307. The van der Waals surface area contributed by atoms with Crippen molar-refractivity contribution in [2.45, 2.75) is 52.2 Å². The Morgan fingerprint density at radius 3 is 2.75 bits per heavy atom. The molecule has 5 nitrogen and oxygen atoms in total. The van der Waals surface area contributed by atoms with E-state index in [1.165, 1.54) is 0 Å². The molecule has 0 saturated heterocycles. The molecular formula is C11H22N4O. The average molecular weight is 226 g/mol. The highest BCUT2D eigenvalue weighted by atomic mass is 16.3. The third-order valence-corrected chi connectivity index (χ3v) is 2.94. The molecule has 1 unspecified atom stereocenters. The third kappa shape index (κ3) is 3.02. The van der Waals surface area contributed by atoms with Crippen molar-refractivity contribution in [1.82, 2.24) is 20.1 Å². The zero-order valence-corrected chi connectivity index (χ0v) is 10.6. The first-order chi connectivity index (χ1) is 7.52. The van der Waals surface area contributed by atoms with Crippen molar-refractivity contribution in [3.63, 3.8) is 0 Å². The predicted molar refractivity (Wildman–Crippen MR) is 63.0 cm³/mol. The number of aliphatic hydroxyl groups excluding tert-OH is 1. The second kappa shape index (κ2) is 5.41. The van der Waals surface area contributed by atoms with Gasteiger partial charge in [-0.25, -0.2) is 9.67 Å². The maximum atomic E-state index is 9.29. The molecule has 0 aliphatic rings. The Balaban J connectivity index is 2.64. The number of hydrogen-bond acceptors (Lipinski definition) is 4. The molecule has 0 saturated carbocycles. The van der Waals surface area contributed by atoms with Crippen molar-refractivity contribution in [2.75, 3.05) is 6.61 Å². The summed E-state index contributed by atoms with van der Waals surface area (Å²) in [5.74, 6) is 0.906. The Bertz CT molecular complexity index is 318. The summed E-state index contributed by atoms with van der Waals surface area (Å²) in [6.45, 7) is 8.95. The van der Waals surface area contributed by atoms with E-state index in [-0.39, 0.29) is 12.1 Å². The lowest BCUT2D eigenvalue weighted by atomic mass is 10.0. The highest BCUT2D eigenvalue weighted by molar-refractivity contribution is 4.90. The molecule has 0 radical (unpaired) electrons. The van der Waals surface area contributed by atoms with Gasteiger partial charge in [0.2, 0.25) is 0 Å². The van der Waals surface area contributed by atoms with E-state index in [0.717, 1.165) is 12.2 Å². The number of nitrogens with one attached hydrogen (secondary N) is 1. The van der Waals surface area contributed by atoms with Gasteiger partial charge in [0.15, 0.2) is 0 Å². The van der Waals surface area contributed by atoms with Crippen LogP contribution in [0.2, 0.25) is 0 Å². The Kier molecular flexibility index (Phi) is 4.44. The van der Waals surface area contributed by atoms with E-state index in [1.54, 1.807) is 6.33 Å². The van der Waals surface area contributed by atoms with E-state index in [9.17, 15) is 5.11 Å². The second-order valence-corrected chi connectivity index (χ2v) is 4.64.